The topological polar surface area (TPSA) is 26.0 Å². The molecule has 0 amide bonds. The highest BCUT2D eigenvalue weighted by molar-refractivity contribution is 5.57. The van der Waals surface area contributed by atoms with Crippen LogP contribution in [0.2, 0.25) is 0 Å². The highest BCUT2D eigenvalue weighted by atomic mass is 14.5. The minimum absolute atomic E-state index is 0.614. The number of rotatable bonds is 2. The van der Waals surface area contributed by atoms with Gasteiger partial charge in [0.15, 0.2) is 0 Å². The van der Waals surface area contributed by atoms with Gasteiger partial charge in [-0.3, -0.25) is 0 Å². The summed E-state index contributed by atoms with van der Waals surface area (Å²) in [7, 11) is 0. The second kappa shape index (κ2) is 5.18. The Morgan fingerprint density at radius 1 is 1.38 bits per heavy atom. The molecule has 0 saturated heterocycles. The molecule has 1 heteroatoms. The van der Waals surface area contributed by atoms with E-state index >= 15 is 0 Å². The van der Waals surface area contributed by atoms with Gasteiger partial charge < -0.3 is 5.73 Å². The normalized spacial score (nSPS) is 8.69. The van der Waals surface area contributed by atoms with Crippen LogP contribution in [0.25, 0.3) is 6.08 Å². The predicted molar refractivity (Wildman–Crippen MR) is 57.1 cm³/mol. The summed E-state index contributed by atoms with van der Waals surface area (Å²) in [6.45, 7) is 4.34. The van der Waals surface area contributed by atoms with E-state index in [1.165, 1.54) is 0 Å². The quantitative estimate of drug-likeness (QED) is 0.677. The van der Waals surface area contributed by atoms with Crippen molar-refractivity contribution in [3.63, 3.8) is 0 Å². The van der Waals surface area contributed by atoms with E-state index in [0.29, 0.717) is 6.54 Å². The molecule has 2 N–H and O–H groups in total. The maximum atomic E-state index is 5.34. The van der Waals surface area contributed by atoms with Crippen LogP contribution in [0.1, 0.15) is 17.5 Å². The molecule has 0 aliphatic carbocycles. The average Bonchev–Trinajstić information content (AvgIpc) is 2.19. The van der Waals surface area contributed by atoms with Crippen molar-refractivity contribution in [2.75, 3.05) is 6.54 Å². The highest BCUT2D eigenvalue weighted by Crippen LogP contribution is 2.07. The van der Waals surface area contributed by atoms with Gasteiger partial charge >= 0.3 is 0 Å². The molecule has 0 fully saturated rings. The molecule has 0 bridgehead atoms. The molecule has 0 radical (unpaired) electrons. The van der Waals surface area contributed by atoms with E-state index in [4.69, 9.17) is 5.73 Å². The van der Waals surface area contributed by atoms with Gasteiger partial charge in [0.25, 0.3) is 0 Å². The van der Waals surface area contributed by atoms with Crippen LogP contribution < -0.4 is 5.73 Å². The zero-order chi connectivity index (χ0) is 9.52. The smallest absolute Gasteiger partial charge is 0.0317 e. The molecule has 1 aromatic rings. The monoisotopic (exact) mass is 171 g/mol. The molecule has 0 unspecified atom stereocenters. The lowest BCUT2D eigenvalue weighted by atomic mass is 10.1. The van der Waals surface area contributed by atoms with E-state index in [1.54, 1.807) is 0 Å². The molecule has 0 aliphatic heterocycles. The summed E-state index contributed by atoms with van der Waals surface area (Å²) < 4.78 is 0. The Kier molecular flexibility index (Phi) is 3.81. The Balaban J connectivity index is 2.88. The van der Waals surface area contributed by atoms with Crippen LogP contribution >= 0.6 is 0 Å². The Hall–Kier alpha value is -1.52. The lowest BCUT2D eigenvalue weighted by Crippen LogP contribution is -1.95. The molecule has 13 heavy (non-hydrogen) atoms. The van der Waals surface area contributed by atoms with Crippen LogP contribution in [0.15, 0.2) is 30.8 Å². The maximum absolute atomic E-state index is 5.34. The molecule has 66 valence electrons. The molecular formula is C12H13N. The SMILES string of the molecule is C=Cc1ccccc1C#CCCN. The van der Waals surface area contributed by atoms with Crippen LogP contribution in [0, 0.1) is 11.8 Å². The van der Waals surface area contributed by atoms with Gasteiger partial charge in [-0.2, -0.15) is 0 Å². The Bertz CT molecular complexity index is 342. The number of hydrogen-bond acceptors (Lipinski definition) is 1. The zero-order valence-corrected chi connectivity index (χ0v) is 7.59. The molecule has 1 rings (SSSR count). The van der Waals surface area contributed by atoms with Gasteiger partial charge in [0.2, 0.25) is 0 Å². The van der Waals surface area contributed by atoms with Crippen molar-refractivity contribution in [3.05, 3.63) is 42.0 Å². The molecule has 1 aromatic carbocycles. The molecule has 0 aromatic heterocycles. The first kappa shape index (κ1) is 9.57. The van der Waals surface area contributed by atoms with Crippen molar-refractivity contribution in [3.8, 4) is 11.8 Å². The summed E-state index contributed by atoms with van der Waals surface area (Å²) >= 11 is 0. The van der Waals surface area contributed by atoms with E-state index in [-0.39, 0.29) is 0 Å². The number of hydrogen-bond donors (Lipinski definition) is 1. The standard InChI is InChI=1S/C12H13N/c1-2-11-7-3-4-8-12(11)9-5-6-10-13/h2-4,7-8H,1,6,10,13H2. The third-order valence-corrected chi connectivity index (χ3v) is 1.67. The second-order valence-corrected chi connectivity index (χ2v) is 2.63. The van der Waals surface area contributed by atoms with E-state index in [0.717, 1.165) is 17.5 Å². The minimum atomic E-state index is 0.614. The van der Waals surface area contributed by atoms with Crippen LogP contribution in [0.3, 0.4) is 0 Å². The molecule has 0 atom stereocenters. The first-order valence-corrected chi connectivity index (χ1v) is 4.29. The minimum Gasteiger partial charge on any atom is -0.330 e. The highest BCUT2D eigenvalue weighted by Gasteiger charge is 1.91. The fourth-order valence-electron chi connectivity index (χ4n) is 1.02. The van der Waals surface area contributed by atoms with E-state index in [9.17, 15) is 0 Å². The van der Waals surface area contributed by atoms with Crippen LogP contribution in [-0.2, 0) is 0 Å². The van der Waals surface area contributed by atoms with Crippen LogP contribution in [-0.4, -0.2) is 6.54 Å². The Morgan fingerprint density at radius 3 is 2.85 bits per heavy atom. The maximum Gasteiger partial charge on any atom is 0.0317 e. The van der Waals surface area contributed by atoms with Crippen molar-refractivity contribution in [2.24, 2.45) is 5.73 Å². The van der Waals surface area contributed by atoms with Crippen molar-refractivity contribution in [2.45, 2.75) is 6.42 Å². The number of benzene rings is 1. The molecular weight excluding hydrogens is 158 g/mol. The molecule has 0 aliphatic rings. The number of nitrogens with two attached hydrogens (primary N) is 1. The first-order chi connectivity index (χ1) is 6.38. The van der Waals surface area contributed by atoms with Crippen molar-refractivity contribution in [1.29, 1.82) is 0 Å². The lowest BCUT2D eigenvalue weighted by Gasteiger charge is -1.95. The van der Waals surface area contributed by atoms with Crippen LogP contribution in [0.5, 0.6) is 0 Å². The van der Waals surface area contributed by atoms with Gasteiger partial charge in [-0.25, -0.2) is 0 Å². The van der Waals surface area contributed by atoms with Gasteiger partial charge in [0.05, 0.1) is 0 Å². The Labute approximate surface area is 79.3 Å². The second-order valence-electron chi connectivity index (χ2n) is 2.63. The summed E-state index contributed by atoms with van der Waals surface area (Å²) in [5.41, 5.74) is 7.44. The van der Waals surface area contributed by atoms with Gasteiger partial charge in [-0.15, -0.1) is 0 Å². The summed E-state index contributed by atoms with van der Waals surface area (Å²) in [5.74, 6) is 6.07. The molecule has 1 nitrogen and oxygen atoms in total. The fourth-order valence-corrected chi connectivity index (χ4v) is 1.02. The van der Waals surface area contributed by atoms with Gasteiger partial charge in [-0.1, -0.05) is 42.7 Å². The predicted octanol–water partition coefficient (Wildman–Crippen LogP) is 2.03. The third kappa shape index (κ3) is 2.77. The summed E-state index contributed by atoms with van der Waals surface area (Å²) in [6.07, 6.45) is 2.55. The molecule has 0 saturated carbocycles. The van der Waals surface area contributed by atoms with E-state index in [2.05, 4.69) is 18.4 Å². The summed E-state index contributed by atoms with van der Waals surface area (Å²) in [6, 6.07) is 7.94. The van der Waals surface area contributed by atoms with E-state index < -0.39 is 0 Å². The molecule has 0 heterocycles. The van der Waals surface area contributed by atoms with Crippen LogP contribution in [0.4, 0.5) is 0 Å². The third-order valence-electron chi connectivity index (χ3n) is 1.67. The van der Waals surface area contributed by atoms with Gasteiger partial charge in [0.1, 0.15) is 0 Å². The summed E-state index contributed by atoms with van der Waals surface area (Å²) in [5, 5.41) is 0. The van der Waals surface area contributed by atoms with Crippen molar-refractivity contribution < 1.29 is 0 Å². The largest absolute Gasteiger partial charge is 0.330 e. The zero-order valence-electron chi connectivity index (χ0n) is 7.59. The van der Waals surface area contributed by atoms with Gasteiger partial charge in [-0.05, 0) is 11.6 Å². The van der Waals surface area contributed by atoms with E-state index in [1.807, 2.05) is 30.3 Å². The van der Waals surface area contributed by atoms with Crippen molar-refractivity contribution >= 4 is 6.08 Å². The van der Waals surface area contributed by atoms with Crippen molar-refractivity contribution in [1.82, 2.24) is 0 Å². The average molecular weight is 171 g/mol. The first-order valence-electron chi connectivity index (χ1n) is 4.29. The summed E-state index contributed by atoms with van der Waals surface area (Å²) in [4.78, 5) is 0. The Morgan fingerprint density at radius 2 is 2.15 bits per heavy atom. The lowest BCUT2D eigenvalue weighted by molar-refractivity contribution is 1.03. The molecule has 0 spiro atoms. The van der Waals surface area contributed by atoms with Gasteiger partial charge in [0, 0.05) is 18.5 Å². The fraction of sp³-hybridized carbons (Fsp3) is 0.167.